The summed E-state index contributed by atoms with van der Waals surface area (Å²) < 4.78 is 5.00. The van der Waals surface area contributed by atoms with Crippen LogP contribution in [0.2, 0.25) is 0 Å². The van der Waals surface area contributed by atoms with E-state index >= 15 is 0 Å². The molecule has 0 amide bonds. The monoisotopic (exact) mass is 263 g/mol. The van der Waals surface area contributed by atoms with Crippen LogP contribution in [-0.4, -0.2) is 20.1 Å². The fourth-order valence-electron chi connectivity index (χ4n) is 1.57. The highest BCUT2D eigenvalue weighted by atomic mass is 32.1. The van der Waals surface area contributed by atoms with Crippen LogP contribution < -0.4 is 11.1 Å². The molecule has 18 heavy (non-hydrogen) atoms. The molecule has 0 spiro atoms. The van der Waals surface area contributed by atoms with Crippen molar-refractivity contribution in [2.75, 3.05) is 5.32 Å². The summed E-state index contributed by atoms with van der Waals surface area (Å²) in [6, 6.07) is 1.86. The molecule has 0 aliphatic rings. The standard InChI is InChI=1S/C11H13N5OS/c1-6-3-4-13-11(9(6)10(12)18)14-5-8-15-7(2)16-17-8/h3-4H,5H2,1-2H3,(H2,12,18)(H,13,14). The van der Waals surface area contributed by atoms with Gasteiger partial charge in [0.25, 0.3) is 0 Å². The number of rotatable bonds is 4. The normalized spacial score (nSPS) is 10.3. The van der Waals surface area contributed by atoms with Crippen LogP contribution in [-0.2, 0) is 6.54 Å². The summed E-state index contributed by atoms with van der Waals surface area (Å²) in [6.07, 6.45) is 1.69. The van der Waals surface area contributed by atoms with E-state index in [0.29, 0.717) is 29.1 Å². The van der Waals surface area contributed by atoms with Crippen LogP contribution in [0.3, 0.4) is 0 Å². The molecule has 94 valence electrons. The van der Waals surface area contributed by atoms with Crippen molar-refractivity contribution in [3.63, 3.8) is 0 Å². The van der Waals surface area contributed by atoms with E-state index in [1.807, 2.05) is 13.0 Å². The second-order valence-corrected chi connectivity index (χ2v) is 4.24. The van der Waals surface area contributed by atoms with Gasteiger partial charge in [-0.05, 0) is 25.5 Å². The largest absolute Gasteiger partial charge is 0.389 e. The molecular formula is C11H13N5OS. The Bertz CT molecular complexity index is 581. The number of aryl methyl sites for hydroxylation is 2. The molecule has 3 N–H and O–H groups in total. The minimum atomic E-state index is 0.310. The number of nitrogens with zero attached hydrogens (tertiary/aromatic N) is 3. The summed E-state index contributed by atoms with van der Waals surface area (Å²) in [5, 5.41) is 6.80. The molecule has 2 rings (SSSR count). The first kappa shape index (κ1) is 12.4. The molecule has 0 atom stereocenters. The molecule has 0 aliphatic heterocycles. The number of nitrogens with one attached hydrogen (secondary N) is 1. The number of pyridine rings is 1. The lowest BCUT2D eigenvalue weighted by Gasteiger charge is -2.10. The van der Waals surface area contributed by atoms with Crippen molar-refractivity contribution >= 4 is 23.0 Å². The molecule has 0 radical (unpaired) electrons. The van der Waals surface area contributed by atoms with Crippen LogP contribution in [0.1, 0.15) is 22.8 Å². The topological polar surface area (TPSA) is 89.9 Å². The maximum absolute atomic E-state index is 5.69. The molecule has 0 saturated carbocycles. The van der Waals surface area contributed by atoms with E-state index in [-0.39, 0.29) is 0 Å². The highest BCUT2D eigenvalue weighted by molar-refractivity contribution is 7.80. The first-order chi connectivity index (χ1) is 8.58. The molecule has 7 heteroatoms. The average Bonchev–Trinajstić information content (AvgIpc) is 2.72. The second kappa shape index (κ2) is 5.09. The van der Waals surface area contributed by atoms with E-state index in [9.17, 15) is 0 Å². The van der Waals surface area contributed by atoms with E-state index in [4.69, 9.17) is 22.5 Å². The maximum atomic E-state index is 5.69. The molecule has 2 aromatic rings. The lowest BCUT2D eigenvalue weighted by molar-refractivity contribution is 0.379. The van der Waals surface area contributed by atoms with Gasteiger partial charge in [-0.1, -0.05) is 17.4 Å². The van der Waals surface area contributed by atoms with Gasteiger partial charge in [-0.2, -0.15) is 4.98 Å². The van der Waals surface area contributed by atoms with Gasteiger partial charge in [0, 0.05) is 6.20 Å². The van der Waals surface area contributed by atoms with Gasteiger partial charge < -0.3 is 15.6 Å². The van der Waals surface area contributed by atoms with E-state index < -0.39 is 0 Å². The first-order valence-electron chi connectivity index (χ1n) is 5.36. The van der Waals surface area contributed by atoms with Crippen molar-refractivity contribution in [3.8, 4) is 0 Å². The molecular weight excluding hydrogens is 250 g/mol. The lowest BCUT2D eigenvalue weighted by Crippen LogP contribution is -2.16. The lowest BCUT2D eigenvalue weighted by atomic mass is 10.1. The molecule has 0 fully saturated rings. The molecule has 0 unspecified atom stereocenters. The van der Waals surface area contributed by atoms with E-state index in [2.05, 4.69) is 20.4 Å². The van der Waals surface area contributed by atoms with Crippen LogP contribution in [0, 0.1) is 13.8 Å². The summed E-state index contributed by atoms with van der Waals surface area (Å²) in [5.41, 5.74) is 7.40. The summed E-state index contributed by atoms with van der Waals surface area (Å²) >= 11 is 5.02. The van der Waals surface area contributed by atoms with E-state index in [0.717, 1.165) is 11.1 Å². The number of nitrogens with two attached hydrogens (primary N) is 1. The summed E-state index contributed by atoms with van der Waals surface area (Å²) in [5.74, 6) is 1.71. The molecule has 0 bridgehead atoms. The van der Waals surface area contributed by atoms with E-state index in [1.54, 1.807) is 13.1 Å². The summed E-state index contributed by atoms with van der Waals surface area (Å²) in [7, 11) is 0. The van der Waals surface area contributed by atoms with Crippen LogP contribution in [0.5, 0.6) is 0 Å². The minimum Gasteiger partial charge on any atom is -0.389 e. The molecule has 2 heterocycles. The minimum absolute atomic E-state index is 0.310. The van der Waals surface area contributed by atoms with Gasteiger partial charge >= 0.3 is 0 Å². The van der Waals surface area contributed by atoms with Gasteiger partial charge in [-0.25, -0.2) is 4.98 Å². The van der Waals surface area contributed by atoms with Crippen molar-refractivity contribution in [1.82, 2.24) is 15.1 Å². The van der Waals surface area contributed by atoms with Crippen molar-refractivity contribution in [1.29, 1.82) is 0 Å². The predicted molar refractivity (Wildman–Crippen MR) is 71.2 cm³/mol. The van der Waals surface area contributed by atoms with Gasteiger partial charge in [0.05, 0.1) is 12.1 Å². The van der Waals surface area contributed by atoms with Crippen LogP contribution >= 0.6 is 12.2 Å². The number of anilines is 1. The first-order valence-corrected chi connectivity index (χ1v) is 5.77. The molecule has 6 nitrogen and oxygen atoms in total. The highest BCUT2D eigenvalue weighted by Gasteiger charge is 2.10. The Labute approximate surface area is 110 Å². The third kappa shape index (κ3) is 2.62. The predicted octanol–water partition coefficient (Wildman–Crippen LogP) is 1.33. The maximum Gasteiger partial charge on any atom is 0.245 e. The van der Waals surface area contributed by atoms with Gasteiger partial charge in [-0.15, -0.1) is 0 Å². The number of hydrogen-bond donors (Lipinski definition) is 2. The Hall–Kier alpha value is -2.02. The Kier molecular flexibility index (Phi) is 3.52. The van der Waals surface area contributed by atoms with Gasteiger partial charge in [0.1, 0.15) is 10.8 Å². The smallest absolute Gasteiger partial charge is 0.245 e. The molecule has 2 aromatic heterocycles. The Balaban J connectivity index is 2.19. The van der Waals surface area contributed by atoms with Crippen molar-refractivity contribution < 1.29 is 4.52 Å². The average molecular weight is 263 g/mol. The quantitative estimate of drug-likeness (QED) is 0.804. The number of aromatic nitrogens is 3. The third-order valence-corrected chi connectivity index (χ3v) is 2.59. The SMILES string of the molecule is Cc1noc(CNc2nccc(C)c2C(N)=S)n1. The van der Waals surface area contributed by atoms with Crippen LogP contribution in [0.25, 0.3) is 0 Å². The number of hydrogen-bond acceptors (Lipinski definition) is 6. The van der Waals surface area contributed by atoms with Crippen molar-refractivity contribution in [3.05, 3.63) is 35.1 Å². The fourth-order valence-corrected chi connectivity index (χ4v) is 1.83. The zero-order chi connectivity index (χ0) is 13.1. The second-order valence-electron chi connectivity index (χ2n) is 3.80. The van der Waals surface area contributed by atoms with E-state index in [1.165, 1.54) is 0 Å². The highest BCUT2D eigenvalue weighted by Crippen LogP contribution is 2.17. The molecule has 0 saturated heterocycles. The van der Waals surface area contributed by atoms with Gasteiger partial charge in [-0.3, -0.25) is 0 Å². The van der Waals surface area contributed by atoms with Crippen LogP contribution in [0.15, 0.2) is 16.8 Å². The Morgan fingerprint density at radius 1 is 1.50 bits per heavy atom. The summed E-state index contributed by atoms with van der Waals surface area (Å²) in [6.45, 7) is 4.07. The summed E-state index contributed by atoms with van der Waals surface area (Å²) in [4.78, 5) is 8.61. The van der Waals surface area contributed by atoms with Crippen LogP contribution in [0.4, 0.5) is 5.82 Å². The Morgan fingerprint density at radius 2 is 2.28 bits per heavy atom. The number of thiocarbonyl (C=S) groups is 1. The Morgan fingerprint density at radius 3 is 2.89 bits per heavy atom. The third-order valence-electron chi connectivity index (χ3n) is 2.38. The molecule has 0 aromatic carbocycles. The van der Waals surface area contributed by atoms with Crippen molar-refractivity contribution in [2.45, 2.75) is 20.4 Å². The fraction of sp³-hybridized carbons (Fsp3) is 0.273. The van der Waals surface area contributed by atoms with Gasteiger partial charge in [0.15, 0.2) is 5.82 Å². The van der Waals surface area contributed by atoms with Gasteiger partial charge in [0.2, 0.25) is 5.89 Å². The molecule has 0 aliphatic carbocycles. The van der Waals surface area contributed by atoms with Crippen molar-refractivity contribution in [2.24, 2.45) is 5.73 Å². The zero-order valence-corrected chi connectivity index (χ0v) is 10.9. The zero-order valence-electron chi connectivity index (χ0n) is 10.1.